The van der Waals surface area contributed by atoms with Crippen LogP contribution in [-0.4, -0.2) is 51.7 Å². The van der Waals surface area contributed by atoms with E-state index in [4.69, 9.17) is 0 Å². The lowest BCUT2D eigenvalue weighted by Gasteiger charge is -2.33. The van der Waals surface area contributed by atoms with Crippen LogP contribution in [0.15, 0.2) is 0 Å². The molecule has 2 heterocycles. The maximum Gasteiger partial charge on any atom is 0.290 e. The van der Waals surface area contributed by atoms with Gasteiger partial charge < -0.3 is 10.2 Å². The summed E-state index contributed by atoms with van der Waals surface area (Å²) < 4.78 is 0. The van der Waals surface area contributed by atoms with Gasteiger partial charge in [0.25, 0.3) is 5.91 Å². The van der Waals surface area contributed by atoms with Crippen LogP contribution in [0.4, 0.5) is 0 Å². The summed E-state index contributed by atoms with van der Waals surface area (Å²) in [6.07, 6.45) is 4.91. The van der Waals surface area contributed by atoms with Crippen molar-refractivity contribution in [3.8, 4) is 0 Å². The number of carbonyl (C=O) groups excluding carboxylic acids is 1. The highest BCUT2D eigenvalue weighted by Crippen LogP contribution is 2.16. The van der Waals surface area contributed by atoms with Crippen molar-refractivity contribution >= 4 is 5.91 Å². The van der Waals surface area contributed by atoms with E-state index in [1.54, 1.807) is 0 Å². The van der Waals surface area contributed by atoms with E-state index >= 15 is 0 Å². The lowest BCUT2D eigenvalue weighted by Crippen LogP contribution is -2.39. The number of hydrogen-bond donors (Lipinski definition) is 2. The summed E-state index contributed by atoms with van der Waals surface area (Å²) in [5, 5.41) is 9.66. The van der Waals surface area contributed by atoms with Gasteiger partial charge in [-0.15, -0.1) is 5.10 Å². The van der Waals surface area contributed by atoms with E-state index in [0.29, 0.717) is 12.6 Å². The quantitative estimate of drug-likeness (QED) is 0.786. The summed E-state index contributed by atoms with van der Waals surface area (Å²) in [5.74, 6) is 1.05. The van der Waals surface area contributed by atoms with Crippen LogP contribution in [0.5, 0.6) is 0 Å². The lowest BCUT2D eigenvalue weighted by atomic mass is 10.0. The number of hydrogen-bond acceptors (Lipinski definition) is 4. The Kier molecular flexibility index (Phi) is 5.73. The van der Waals surface area contributed by atoms with Crippen LogP contribution in [0.1, 0.15) is 68.8 Å². The molecule has 1 aromatic heterocycles. The van der Waals surface area contributed by atoms with E-state index in [1.807, 2.05) is 13.8 Å². The van der Waals surface area contributed by atoms with Crippen LogP contribution in [0, 0.1) is 0 Å². The third kappa shape index (κ3) is 4.52. The van der Waals surface area contributed by atoms with Crippen molar-refractivity contribution < 1.29 is 4.79 Å². The average Bonchev–Trinajstić information content (AvgIpc) is 2.95. The number of amides is 1. The van der Waals surface area contributed by atoms with Crippen molar-refractivity contribution in [1.82, 2.24) is 25.4 Å². The fourth-order valence-electron chi connectivity index (χ4n) is 2.69. The molecule has 1 aliphatic rings. The summed E-state index contributed by atoms with van der Waals surface area (Å²) in [7, 11) is 0. The molecule has 1 saturated heterocycles. The number of carbonyl (C=O) groups is 1. The number of rotatable bonds is 6. The summed E-state index contributed by atoms with van der Waals surface area (Å²) in [5.41, 5.74) is 0. The Morgan fingerprint density at radius 1 is 1.48 bits per heavy atom. The highest BCUT2D eigenvalue weighted by molar-refractivity contribution is 5.90. The zero-order valence-electron chi connectivity index (χ0n) is 13.4. The van der Waals surface area contributed by atoms with E-state index in [1.165, 1.54) is 25.8 Å². The number of piperidine rings is 1. The SMILES string of the molecule is CC(C)c1nc(C(=O)NCCCN2CCCCC2C)n[nH]1. The van der Waals surface area contributed by atoms with Gasteiger partial charge in [0, 0.05) is 25.0 Å². The zero-order chi connectivity index (χ0) is 15.2. The van der Waals surface area contributed by atoms with Crippen LogP contribution >= 0.6 is 0 Å². The molecule has 6 nitrogen and oxygen atoms in total. The standard InChI is InChI=1S/C15H27N5O/c1-11(2)13-17-14(19-18-13)15(21)16-8-6-10-20-9-5-4-7-12(20)3/h11-12H,4-10H2,1-3H3,(H,16,21)(H,17,18,19). The molecule has 0 radical (unpaired) electrons. The van der Waals surface area contributed by atoms with Gasteiger partial charge in [0.1, 0.15) is 5.82 Å². The third-order valence-electron chi connectivity index (χ3n) is 4.10. The fraction of sp³-hybridized carbons (Fsp3) is 0.800. The van der Waals surface area contributed by atoms with Crippen LogP contribution in [0.3, 0.4) is 0 Å². The molecule has 1 aliphatic heterocycles. The van der Waals surface area contributed by atoms with Gasteiger partial charge in [-0.05, 0) is 32.7 Å². The minimum atomic E-state index is -0.190. The highest BCUT2D eigenvalue weighted by atomic mass is 16.2. The Bertz CT molecular complexity index is 457. The molecular formula is C15H27N5O. The molecule has 2 rings (SSSR count). The number of aromatic nitrogens is 3. The zero-order valence-corrected chi connectivity index (χ0v) is 13.4. The van der Waals surface area contributed by atoms with Crippen molar-refractivity contribution in [3.63, 3.8) is 0 Å². The molecule has 1 amide bonds. The molecule has 0 aromatic carbocycles. The van der Waals surface area contributed by atoms with Gasteiger partial charge in [-0.1, -0.05) is 20.3 Å². The molecule has 1 fully saturated rings. The van der Waals surface area contributed by atoms with E-state index < -0.39 is 0 Å². The van der Waals surface area contributed by atoms with E-state index in [-0.39, 0.29) is 17.6 Å². The van der Waals surface area contributed by atoms with Gasteiger partial charge in [0.2, 0.25) is 5.82 Å². The third-order valence-corrected chi connectivity index (χ3v) is 4.10. The largest absolute Gasteiger partial charge is 0.349 e. The molecule has 0 aliphatic carbocycles. The van der Waals surface area contributed by atoms with Crippen LogP contribution in [-0.2, 0) is 0 Å². The summed E-state index contributed by atoms with van der Waals surface area (Å²) in [6, 6.07) is 0.677. The molecule has 1 atom stereocenters. The molecule has 0 saturated carbocycles. The fourth-order valence-corrected chi connectivity index (χ4v) is 2.69. The first-order chi connectivity index (χ1) is 10.1. The molecule has 0 bridgehead atoms. The Morgan fingerprint density at radius 3 is 2.95 bits per heavy atom. The van der Waals surface area contributed by atoms with Crippen molar-refractivity contribution in [3.05, 3.63) is 11.6 Å². The van der Waals surface area contributed by atoms with Crippen LogP contribution < -0.4 is 5.32 Å². The maximum absolute atomic E-state index is 11.9. The normalized spacial score (nSPS) is 19.9. The topological polar surface area (TPSA) is 73.9 Å². The van der Waals surface area contributed by atoms with Crippen molar-refractivity contribution in [2.75, 3.05) is 19.6 Å². The van der Waals surface area contributed by atoms with Gasteiger partial charge in [-0.25, -0.2) is 4.98 Å². The van der Waals surface area contributed by atoms with E-state index in [0.717, 1.165) is 18.8 Å². The first kappa shape index (κ1) is 15.9. The minimum Gasteiger partial charge on any atom is -0.349 e. The van der Waals surface area contributed by atoms with E-state index in [2.05, 4.69) is 32.3 Å². The molecule has 2 N–H and O–H groups in total. The number of aromatic amines is 1. The maximum atomic E-state index is 11.9. The molecule has 0 spiro atoms. The summed E-state index contributed by atoms with van der Waals surface area (Å²) in [6.45, 7) is 9.23. The molecular weight excluding hydrogens is 266 g/mol. The molecule has 1 aromatic rings. The Balaban J connectivity index is 1.69. The molecule has 6 heteroatoms. The van der Waals surface area contributed by atoms with Crippen LogP contribution in [0.25, 0.3) is 0 Å². The molecule has 21 heavy (non-hydrogen) atoms. The van der Waals surface area contributed by atoms with Gasteiger partial charge in [-0.2, -0.15) is 0 Å². The predicted octanol–water partition coefficient (Wildman–Crippen LogP) is 1.92. The summed E-state index contributed by atoms with van der Waals surface area (Å²) >= 11 is 0. The predicted molar refractivity (Wildman–Crippen MR) is 82.3 cm³/mol. The second-order valence-electron chi connectivity index (χ2n) is 6.19. The average molecular weight is 293 g/mol. The minimum absolute atomic E-state index is 0.190. The number of nitrogens with zero attached hydrogens (tertiary/aromatic N) is 3. The van der Waals surface area contributed by atoms with Gasteiger partial charge >= 0.3 is 0 Å². The molecule has 118 valence electrons. The second-order valence-corrected chi connectivity index (χ2v) is 6.19. The van der Waals surface area contributed by atoms with Gasteiger partial charge in [-0.3, -0.25) is 9.89 Å². The first-order valence-corrected chi connectivity index (χ1v) is 8.02. The van der Waals surface area contributed by atoms with E-state index in [9.17, 15) is 4.79 Å². The van der Waals surface area contributed by atoms with Crippen molar-refractivity contribution in [1.29, 1.82) is 0 Å². The van der Waals surface area contributed by atoms with Crippen molar-refractivity contribution in [2.45, 2.75) is 58.4 Å². The van der Waals surface area contributed by atoms with Crippen molar-refractivity contribution in [2.24, 2.45) is 0 Å². The Hall–Kier alpha value is -1.43. The first-order valence-electron chi connectivity index (χ1n) is 8.02. The summed E-state index contributed by atoms with van der Waals surface area (Å²) in [4.78, 5) is 18.6. The Labute approximate surface area is 126 Å². The number of likely N-dealkylation sites (tertiary alicyclic amines) is 1. The molecule has 1 unspecified atom stereocenters. The number of nitrogens with one attached hydrogen (secondary N) is 2. The second kappa shape index (κ2) is 7.54. The van der Waals surface area contributed by atoms with Gasteiger partial charge in [0.05, 0.1) is 0 Å². The number of H-pyrrole nitrogens is 1. The van der Waals surface area contributed by atoms with Crippen LogP contribution in [0.2, 0.25) is 0 Å². The smallest absolute Gasteiger partial charge is 0.290 e. The Morgan fingerprint density at radius 2 is 2.29 bits per heavy atom. The monoisotopic (exact) mass is 293 g/mol. The lowest BCUT2D eigenvalue weighted by molar-refractivity contribution is 0.0939. The van der Waals surface area contributed by atoms with Gasteiger partial charge in [0.15, 0.2) is 0 Å². The highest BCUT2D eigenvalue weighted by Gasteiger charge is 2.18.